The maximum Gasteiger partial charge on any atom is 0.331 e. The minimum absolute atomic E-state index is 0.0994. The number of carbonyl (C=O) groups excluding carboxylic acids is 3. The second kappa shape index (κ2) is 8.84. The fraction of sp³-hybridized carbons (Fsp3) is 0.267. The van der Waals surface area contributed by atoms with Gasteiger partial charge in [-0.2, -0.15) is 0 Å². The number of halogens is 1. The fourth-order valence-electron chi connectivity index (χ4n) is 1.38. The lowest BCUT2D eigenvalue weighted by Crippen LogP contribution is -2.43. The molecule has 1 aromatic rings. The summed E-state index contributed by atoms with van der Waals surface area (Å²) in [5, 5.41) is 5.11. The predicted molar refractivity (Wildman–Crippen MR) is 83.3 cm³/mol. The first-order chi connectivity index (χ1) is 10.4. The quantitative estimate of drug-likeness (QED) is 0.642. The highest BCUT2D eigenvalue weighted by Crippen LogP contribution is 2.10. The average molecular weight is 325 g/mol. The Kier molecular flexibility index (Phi) is 7.12. The standard InChI is InChI=1S/C15H17ClN2O4/c1-10(2)17-15(21)18-13(19)9-22-14(20)8-5-11-3-6-12(16)7-4-11/h3-8,10H,9H2,1-2H3,(H2,17,18,19,21). The van der Waals surface area contributed by atoms with Gasteiger partial charge < -0.3 is 10.1 Å². The van der Waals surface area contributed by atoms with Crippen molar-refractivity contribution in [3.05, 3.63) is 40.9 Å². The van der Waals surface area contributed by atoms with Crippen LogP contribution in [0.5, 0.6) is 0 Å². The number of esters is 1. The van der Waals surface area contributed by atoms with Crippen molar-refractivity contribution >= 4 is 35.6 Å². The number of ether oxygens (including phenoxy) is 1. The number of imide groups is 1. The molecule has 0 aliphatic rings. The van der Waals surface area contributed by atoms with Gasteiger partial charge in [-0.25, -0.2) is 9.59 Å². The zero-order chi connectivity index (χ0) is 16.5. The Bertz CT molecular complexity index is 567. The van der Waals surface area contributed by atoms with E-state index in [4.69, 9.17) is 16.3 Å². The van der Waals surface area contributed by atoms with Gasteiger partial charge in [-0.05, 0) is 37.6 Å². The highest BCUT2D eigenvalue weighted by atomic mass is 35.5. The summed E-state index contributed by atoms with van der Waals surface area (Å²) < 4.78 is 4.71. The summed E-state index contributed by atoms with van der Waals surface area (Å²) in [5.74, 6) is -1.39. The zero-order valence-corrected chi connectivity index (χ0v) is 13.0. The molecule has 0 bridgehead atoms. The van der Waals surface area contributed by atoms with Crippen molar-refractivity contribution in [2.45, 2.75) is 19.9 Å². The summed E-state index contributed by atoms with van der Waals surface area (Å²) in [6.45, 7) is 2.98. The van der Waals surface area contributed by atoms with Gasteiger partial charge in [-0.1, -0.05) is 23.7 Å². The fourth-order valence-corrected chi connectivity index (χ4v) is 1.51. The monoisotopic (exact) mass is 324 g/mol. The Morgan fingerprint density at radius 2 is 1.86 bits per heavy atom. The third-order valence-corrected chi connectivity index (χ3v) is 2.55. The Balaban J connectivity index is 2.35. The number of rotatable bonds is 5. The molecular formula is C15H17ClN2O4. The van der Waals surface area contributed by atoms with E-state index in [1.165, 1.54) is 12.2 Å². The smallest absolute Gasteiger partial charge is 0.331 e. The van der Waals surface area contributed by atoms with Crippen LogP contribution in [0.4, 0.5) is 4.79 Å². The predicted octanol–water partition coefficient (Wildman–Crippen LogP) is 2.13. The molecule has 1 aromatic carbocycles. The van der Waals surface area contributed by atoms with E-state index in [0.29, 0.717) is 5.02 Å². The molecule has 0 unspecified atom stereocenters. The van der Waals surface area contributed by atoms with Gasteiger partial charge in [0, 0.05) is 17.1 Å². The van der Waals surface area contributed by atoms with E-state index in [2.05, 4.69) is 5.32 Å². The Morgan fingerprint density at radius 1 is 1.23 bits per heavy atom. The van der Waals surface area contributed by atoms with Crippen molar-refractivity contribution in [3.8, 4) is 0 Å². The van der Waals surface area contributed by atoms with E-state index in [1.54, 1.807) is 38.1 Å². The summed E-state index contributed by atoms with van der Waals surface area (Å²) in [4.78, 5) is 34.0. The molecule has 0 aromatic heterocycles. The molecule has 0 fully saturated rings. The zero-order valence-electron chi connectivity index (χ0n) is 12.3. The molecule has 0 atom stereocenters. The number of nitrogens with one attached hydrogen (secondary N) is 2. The van der Waals surface area contributed by atoms with Gasteiger partial charge in [-0.15, -0.1) is 0 Å². The van der Waals surface area contributed by atoms with Crippen LogP contribution in [0.3, 0.4) is 0 Å². The van der Waals surface area contributed by atoms with E-state index < -0.39 is 24.5 Å². The minimum Gasteiger partial charge on any atom is -0.452 e. The van der Waals surface area contributed by atoms with Crippen molar-refractivity contribution in [1.29, 1.82) is 0 Å². The lowest BCUT2D eigenvalue weighted by molar-refractivity contribution is -0.143. The van der Waals surface area contributed by atoms with Crippen molar-refractivity contribution in [3.63, 3.8) is 0 Å². The van der Waals surface area contributed by atoms with Crippen LogP contribution in [0.1, 0.15) is 19.4 Å². The molecule has 0 spiro atoms. The number of hydrogen-bond acceptors (Lipinski definition) is 4. The molecule has 0 saturated carbocycles. The number of urea groups is 1. The van der Waals surface area contributed by atoms with Gasteiger partial charge in [0.05, 0.1) is 0 Å². The van der Waals surface area contributed by atoms with Crippen molar-refractivity contribution in [2.75, 3.05) is 6.61 Å². The molecule has 7 heteroatoms. The van der Waals surface area contributed by atoms with Gasteiger partial charge in [0.2, 0.25) is 0 Å². The van der Waals surface area contributed by atoms with Crippen LogP contribution >= 0.6 is 11.6 Å². The third-order valence-electron chi connectivity index (χ3n) is 2.30. The summed E-state index contributed by atoms with van der Waals surface area (Å²) in [6.07, 6.45) is 2.72. The van der Waals surface area contributed by atoms with Crippen LogP contribution in [0.15, 0.2) is 30.3 Å². The molecule has 22 heavy (non-hydrogen) atoms. The number of carbonyl (C=O) groups is 3. The van der Waals surface area contributed by atoms with Crippen LogP contribution < -0.4 is 10.6 Å². The molecule has 0 heterocycles. The molecule has 0 radical (unpaired) electrons. The van der Waals surface area contributed by atoms with E-state index >= 15 is 0 Å². The van der Waals surface area contributed by atoms with Crippen molar-refractivity contribution in [1.82, 2.24) is 10.6 Å². The summed E-state index contributed by atoms with van der Waals surface area (Å²) in [5.41, 5.74) is 0.766. The van der Waals surface area contributed by atoms with E-state index in [9.17, 15) is 14.4 Å². The Hall–Kier alpha value is -2.34. The maximum atomic E-state index is 11.4. The van der Waals surface area contributed by atoms with Crippen LogP contribution in [-0.2, 0) is 14.3 Å². The van der Waals surface area contributed by atoms with Crippen molar-refractivity contribution < 1.29 is 19.1 Å². The van der Waals surface area contributed by atoms with Gasteiger partial charge >= 0.3 is 12.0 Å². The average Bonchev–Trinajstić information content (AvgIpc) is 2.43. The number of hydrogen-bond donors (Lipinski definition) is 2. The molecule has 2 N–H and O–H groups in total. The molecule has 6 nitrogen and oxygen atoms in total. The molecule has 118 valence electrons. The molecular weight excluding hydrogens is 308 g/mol. The van der Waals surface area contributed by atoms with E-state index in [0.717, 1.165) is 5.56 Å². The number of amides is 3. The lowest BCUT2D eigenvalue weighted by atomic mass is 10.2. The van der Waals surface area contributed by atoms with Gasteiger partial charge in [0.25, 0.3) is 5.91 Å². The van der Waals surface area contributed by atoms with Gasteiger partial charge in [0.15, 0.2) is 6.61 Å². The topological polar surface area (TPSA) is 84.5 Å². The van der Waals surface area contributed by atoms with Crippen LogP contribution in [0.2, 0.25) is 5.02 Å². The summed E-state index contributed by atoms with van der Waals surface area (Å²) >= 11 is 5.74. The largest absolute Gasteiger partial charge is 0.452 e. The van der Waals surface area contributed by atoms with Crippen LogP contribution in [0.25, 0.3) is 6.08 Å². The molecule has 0 aliphatic heterocycles. The second-order valence-corrected chi connectivity index (χ2v) is 5.11. The minimum atomic E-state index is -0.702. The highest BCUT2D eigenvalue weighted by Gasteiger charge is 2.10. The van der Waals surface area contributed by atoms with Gasteiger partial charge in [-0.3, -0.25) is 10.1 Å². The normalized spacial score (nSPS) is 10.5. The molecule has 0 aliphatic carbocycles. The first-order valence-electron chi connectivity index (χ1n) is 6.57. The molecule has 0 saturated heterocycles. The molecule has 3 amide bonds. The van der Waals surface area contributed by atoms with E-state index in [1.807, 2.05) is 5.32 Å². The Labute approximate surface area is 133 Å². The molecule has 1 rings (SSSR count). The van der Waals surface area contributed by atoms with E-state index in [-0.39, 0.29) is 6.04 Å². The summed E-state index contributed by atoms with van der Waals surface area (Å²) in [6, 6.07) is 6.11. The first kappa shape index (κ1) is 17.7. The Morgan fingerprint density at radius 3 is 2.45 bits per heavy atom. The third kappa shape index (κ3) is 7.44. The number of benzene rings is 1. The van der Waals surface area contributed by atoms with Crippen LogP contribution in [0, 0.1) is 0 Å². The van der Waals surface area contributed by atoms with Gasteiger partial charge in [0.1, 0.15) is 0 Å². The lowest BCUT2D eigenvalue weighted by Gasteiger charge is -2.08. The maximum absolute atomic E-state index is 11.4. The first-order valence-corrected chi connectivity index (χ1v) is 6.95. The summed E-state index contributed by atoms with van der Waals surface area (Å²) in [7, 11) is 0. The SMILES string of the molecule is CC(C)NC(=O)NC(=O)COC(=O)C=Cc1ccc(Cl)cc1. The van der Waals surface area contributed by atoms with Crippen molar-refractivity contribution in [2.24, 2.45) is 0 Å². The highest BCUT2D eigenvalue weighted by molar-refractivity contribution is 6.30. The second-order valence-electron chi connectivity index (χ2n) is 4.67. The van der Waals surface area contributed by atoms with Crippen LogP contribution in [-0.4, -0.2) is 30.6 Å².